The summed E-state index contributed by atoms with van der Waals surface area (Å²) in [5, 5.41) is 2.89. The fourth-order valence-electron chi connectivity index (χ4n) is 4.21. The second kappa shape index (κ2) is 9.85. The highest BCUT2D eigenvalue weighted by Gasteiger charge is 2.15. The maximum atomic E-state index is 12.2. The number of hydrogen-bond acceptors (Lipinski definition) is 5. The highest BCUT2D eigenvalue weighted by molar-refractivity contribution is 5.80. The normalized spacial score (nSPS) is 14.0. The van der Waals surface area contributed by atoms with Crippen molar-refractivity contribution in [3.05, 3.63) is 69.7 Å². The molecule has 3 aromatic rings. The van der Waals surface area contributed by atoms with Crippen LogP contribution in [0.2, 0.25) is 0 Å². The number of rotatable bonds is 8. The number of aromatic nitrogens is 1. The molecule has 1 aliphatic carbocycles. The summed E-state index contributed by atoms with van der Waals surface area (Å²) in [7, 11) is 0. The van der Waals surface area contributed by atoms with Crippen molar-refractivity contribution in [2.75, 3.05) is 6.61 Å². The molecule has 1 unspecified atom stereocenters. The molecule has 168 valence electrons. The first-order valence-corrected chi connectivity index (χ1v) is 11.2. The average Bonchev–Trinajstić information content (AvgIpc) is 3.12. The van der Waals surface area contributed by atoms with Crippen molar-refractivity contribution < 1.29 is 18.7 Å². The van der Waals surface area contributed by atoms with Crippen LogP contribution in [0.5, 0.6) is 0 Å². The molecular formula is C25H28N2O5. The topological polar surface area (TPSA) is 90.5 Å². The average molecular weight is 437 g/mol. The Bertz CT molecular complexity index is 1180. The highest BCUT2D eigenvalue weighted by Crippen LogP contribution is 2.24. The number of hydrogen-bond donors (Lipinski definition) is 1. The quantitative estimate of drug-likeness (QED) is 0.544. The van der Waals surface area contributed by atoms with E-state index in [-0.39, 0.29) is 25.0 Å². The van der Waals surface area contributed by atoms with Gasteiger partial charge < -0.3 is 14.5 Å². The van der Waals surface area contributed by atoms with E-state index in [0.717, 1.165) is 18.4 Å². The Morgan fingerprint density at radius 1 is 1.12 bits per heavy atom. The first-order chi connectivity index (χ1) is 15.5. The third-order valence-electron chi connectivity index (χ3n) is 5.95. The number of aryl methyl sites for hydroxylation is 3. The maximum absolute atomic E-state index is 12.2. The summed E-state index contributed by atoms with van der Waals surface area (Å²) in [5.74, 6) is -1.25. The van der Waals surface area contributed by atoms with Crippen LogP contribution in [0.25, 0.3) is 11.1 Å². The van der Waals surface area contributed by atoms with E-state index >= 15 is 0 Å². The minimum absolute atomic E-state index is 0.111. The Hall–Kier alpha value is -3.35. The minimum Gasteiger partial charge on any atom is -0.456 e. The van der Waals surface area contributed by atoms with Crippen molar-refractivity contribution in [3.8, 4) is 0 Å². The molecule has 0 fully saturated rings. The number of esters is 1. The van der Waals surface area contributed by atoms with Crippen LogP contribution in [-0.4, -0.2) is 23.1 Å². The highest BCUT2D eigenvalue weighted by atomic mass is 16.5. The summed E-state index contributed by atoms with van der Waals surface area (Å²) >= 11 is 0. The van der Waals surface area contributed by atoms with Gasteiger partial charge in [0.1, 0.15) is 0 Å². The maximum Gasteiger partial charge on any atom is 0.419 e. The third kappa shape index (κ3) is 5.10. The molecule has 1 heterocycles. The molecular weight excluding hydrogens is 408 g/mol. The molecule has 4 rings (SSSR count). The summed E-state index contributed by atoms with van der Waals surface area (Å²) in [6.07, 6.45) is 5.17. The summed E-state index contributed by atoms with van der Waals surface area (Å²) in [6.45, 7) is 1.95. The van der Waals surface area contributed by atoms with Gasteiger partial charge in [-0.05, 0) is 67.9 Å². The lowest BCUT2D eigenvalue weighted by Gasteiger charge is -2.20. The molecule has 0 aliphatic heterocycles. The molecule has 0 saturated carbocycles. The molecule has 7 nitrogen and oxygen atoms in total. The number of carbonyl (C=O) groups excluding carboxylic acids is 2. The Balaban J connectivity index is 1.21. The molecule has 32 heavy (non-hydrogen) atoms. The number of para-hydroxylation sites is 2. The van der Waals surface area contributed by atoms with Crippen LogP contribution >= 0.6 is 0 Å². The standard InChI is InChI=1S/C25H28N2O5/c1-17(19-13-12-18-7-2-3-8-20(18)15-19)26-23(28)16-31-24(29)11-6-14-27-21-9-4-5-10-22(21)32-25(27)30/h4-5,9-10,12-13,15,17H,2-3,6-8,11,14,16H2,1H3,(H,26,28). The number of amides is 1. The monoisotopic (exact) mass is 436 g/mol. The van der Waals surface area contributed by atoms with E-state index < -0.39 is 11.7 Å². The van der Waals surface area contributed by atoms with Crippen molar-refractivity contribution >= 4 is 23.0 Å². The summed E-state index contributed by atoms with van der Waals surface area (Å²) in [6, 6.07) is 13.4. The van der Waals surface area contributed by atoms with Crippen LogP contribution in [0.15, 0.2) is 51.7 Å². The molecule has 1 atom stereocenters. The number of benzene rings is 2. The van der Waals surface area contributed by atoms with Gasteiger partial charge in [0.15, 0.2) is 12.2 Å². The molecule has 0 saturated heterocycles. The number of nitrogens with zero attached hydrogens (tertiary/aromatic N) is 1. The molecule has 0 radical (unpaired) electrons. The number of carbonyl (C=O) groups is 2. The van der Waals surface area contributed by atoms with Crippen LogP contribution in [-0.2, 0) is 33.7 Å². The van der Waals surface area contributed by atoms with Crippen LogP contribution in [0.4, 0.5) is 0 Å². The van der Waals surface area contributed by atoms with E-state index in [1.54, 1.807) is 18.2 Å². The second-order valence-corrected chi connectivity index (χ2v) is 8.28. The van der Waals surface area contributed by atoms with Crippen molar-refractivity contribution in [3.63, 3.8) is 0 Å². The van der Waals surface area contributed by atoms with Crippen LogP contribution in [0.1, 0.15) is 55.3 Å². The van der Waals surface area contributed by atoms with E-state index in [9.17, 15) is 14.4 Å². The zero-order valence-electron chi connectivity index (χ0n) is 18.3. The smallest absolute Gasteiger partial charge is 0.419 e. The number of nitrogens with one attached hydrogen (secondary N) is 1. The molecule has 1 aromatic heterocycles. The van der Waals surface area contributed by atoms with Gasteiger partial charge in [-0.15, -0.1) is 0 Å². The van der Waals surface area contributed by atoms with Crippen molar-refractivity contribution in [2.45, 2.75) is 58.0 Å². The van der Waals surface area contributed by atoms with Gasteiger partial charge >= 0.3 is 11.7 Å². The van der Waals surface area contributed by atoms with E-state index in [0.29, 0.717) is 24.1 Å². The van der Waals surface area contributed by atoms with Gasteiger partial charge in [-0.25, -0.2) is 4.79 Å². The van der Waals surface area contributed by atoms with E-state index in [1.807, 2.05) is 13.0 Å². The van der Waals surface area contributed by atoms with Gasteiger partial charge in [0.2, 0.25) is 0 Å². The lowest BCUT2D eigenvalue weighted by atomic mass is 9.89. The van der Waals surface area contributed by atoms with Crippen molar-refractivity contribution in [2.24, 2.45) is 0 Å². The first-order valence-electron chi connectivity index (χ1n) is 11.2. The van der Waals surface area contributed by atoms with Crippen molar-refractivity contribution in [1.29, 1.82) is 0 Å². The van der Waals surface area contributed by atoms with Crippen molar-refractivity contribution in [1.82, 2.24) is 9.88 Å². The van der Waals surface area contributed by atoms with Gasteiger partial charge in [-0.1, -0.05) is 30.3 Å². The lowest BCUT2D eigenvalue weighted by molar-refractivity contribution is -0.148. The Morgan fingerprint density at radius 2 is 1.91 bits per heavy atom. The number of ether oxygens (including phenoxy) is 1. The Morgan fingerprint density at radius 3 is 2.75 bits per heavy atom. The van der Waals surface area contributed by atoms with E-state index in [4.69, 9.17) is 9.15 Å². The third-order valence-corrected chi connectivity index (χ3v) is 5.95. The number of oxazole rings is 1. The fourth-order valence-corrected chi connectivity index (χ4v) is 4.21. The second-order valence-electron chi connectivity index (χ2n) is 8.28. The molecule has 1 N–H and O–H groups in total. The Kier molecular flexibility index (Phi) is 6.73. The van der Waals surface area contributed by atoms with Gasteiger partial charge in [0.25, 0.3) is 5.91 Å². The molecule has 1 aliphatic rings. The van der Waals surface area contributed by atoms with E-state index in [2.05, 4.69) is 23.5 Å². The number of fused-ring (bicyclic) bond motifs is 2. The summed E-state index contributed by atoms with van der Waals surface area (Å²) in [5.41, 5.74) is 5.04. The molecule has 1 amide bonds. The van der Waals surface area contributed by atoms with Crippen LogP contribution < -0.4 is 11.1 Å². The largest absolute Gasteiger partial charge is 0.456 e. The lowest BCUT2D eigenvalue weighted by Crippen LogP contribution is -2.31. The summed E-state index contributed by atoms with van der Waals surface area (Å²) in [4.78, 5) is 36.2. The van der Waals surface area contributed by atoms with Gasteiger partial charge in [-0.2, -0.15) is 0 Å². The summed E-state index contributed by atoms with van der Waals surface area (Å²) < 4.78 is 11.8. The van der Waals surface area contributed by atoms with Crippen LogP contribution in [0.3, 0.4) is 0 Å². The van der Waals surface area contributed by atoms with E-state index in [1.165, 1.54) is 28.5 Å². The van der Waals surface area contributed by atoms with Gasteiger partial charge in [0, 0.05) is 13.0 Å². The van der Waals surface area contributed by atoms with Gasteiger partial charge in [0.05, 0.1) is 11.6 Å². The fraction of sp³-hybridized carbons (Fsp3) is 0.400. The molecule has 7 heteroatoms. The predicted molar refractivity (Wildman–Crippen MR) is 120 cm³/mol. The molecule has 0 spiro atoms. The minimum atomic E-state index is -0.470. The SMILES string of the molecule is CC(NC(=O)COC(=O)CCCn1c(=O)oc2ccccc21)c1ccc2c(c1)CCCC2. The van der Waals surface area contributed by atoms with Gasteiger partial charge in [-0.3, -0.25) is 14.2 Å². The Labute approximate surface area is 186 Å². The zero-order valence-corrected chi connectivity index (χ0v) is 18.3. The van der Waals surface area contributed by atoms with Crippen LogP contribution in [0, 0.1) is 0 Å². The predicted octanol–water partition coefficient (Wildman–Crippen LogP) is 3.67. The first kappa shape index (κ1) is 21.9. The molecule has 2 aromatic carbocycles. The zero-order chi connectivity index (χ0) is 22.5. The molecule has 0 bridgehead atoms.